The van der Waals surface area contributed by atoms with Crippen LogP contribution in [0.15, 0.2) is 18.3 Å². The molecule has 23 heavy (non-hydrogen) atoms. The molecule has 1 aromatic rings. The van der Waals surface area contributed by atoms with Crippen LogP contribution < -0.4 is 4.74 Å². The van der Waals surface area contributed by atoms with Crippen LogP contribution >= 0.6 is 0 Å². The third-order valence-corrected chi connectivity index (χ3v) is 2.92. The molecule has 7 heteroatoms. The van der Waals surface area contributed by atoms with E-state index < -0.39 is 23.7 Å². The maximum Gasteiger partial charge on any atom is 0.411 e. The molecule has 1 N–H and O–H groups in total. The van der Waals surface area contributed by atoms with Crippen molar-refractivity contribution in [3.63, 3.8) is 0 Å². The van der Waals surface area contributed by atoms with E-state index in [1.54, 1.807) is 32.9 Å². The molecule has 0 radical (unpaired) electrons. The topological polar surface area (TPSA) is 89.0 Å². The van der Waals surface area contributed by atoms with Crippen molar-refractivity contribution in [3.8, 4) is 5.88 Å². The van der Waals surface area contributed by atoms with Gasteiger partial charge in [0.15, 0.2) is 6.04 Å². The van der Waals surface area contributed by atoms with Crippen LogP contribution in [-0.4, -0.2) is 46.3 Å². The SMILES string of the molecule is CCCN(C(=O)OC(C)(C)C)C(C(=O)O)c1ccc(OC)nc1. The summed E-state index contributed by atoms with van der Waals surface area (Å²) in [6.45, 7) is 7.33. The Kier molecular flexibility index (Phi) is 6.36. The first-order valence-electron chi connectivity index (χ1n) is 7.42. The maximum absolute atomic E-state index is 12.4. The number of amides is 1. The zero-order valence-corrected chi connectivity index (χ0v) is 14.2. The first-order chi connectivity index (χ1) is 10.7. The molecule has 1 aromatic heterocycles. The molecule has 0 aliphatic rings. The van der Waals surface area contributed by atoms with Gasteiger partial charge in [-0.1, -0.05) is 6.92 Å². The van der Waals surface area contributed by atoms with Gasteiger partial charge in [-0.2, -0.15) is 0 Å². The van der Waals surface area contributed by atoms with Gasteiger partial charge < -0.3 is 14.6 Å². The number of carboxylic acids is 1. The minimum absolute atomic E-state index is 0.262. The van der Waals surface area contributed by atoms with E-state index in [0.717, 1.165) is 0 Å². The van der Waals surface area contributed by atoms with Crippen LogP contribution in [-0.2, 0) is 9.53 Å². The van der Waals surface area contributed by atoms with E-state index in [-0.39, 0.29) is 6.54 Å². The highest BCUT2D eigenvalue weighted by atomic mass is 16.6. The summed E-state index contributed by atoms with van der Waals surface area (Å²) >= 11 is 0. The molecule has 1 atom stereocenters. The third-order valence-electron chi connectivity index (χ3n) is 2.92. The summed E-state index contributed by atoms with van der Waals surface area (Å²) in [5.74, 6) is -0.770. The summed E-state index contributed by atoms with van der Waals surface area (Å²) in [5, 5.41) is 9.59. The fourth-order valence-electron chi connectivity index (χ4n) is 2.02. The molecule has 0 aliphatic heterocycles. The molecule has 1 unspecified atom stereocenters. The molecule has 1 heterocycles. The predicted molar refractivity (Wildman–Crippen MR) is 84.4 cm³/mol. The Morgan fingerprint density at radius 2 is 2.00 bits per heavy atom. The fourth-order valence-corrected chi connectivity index (χ4v) is 2.02. The molecule has 1 rings (SSSR count). The largest absolute Gasteiger partial charge is 0.481 e. The number of aromatic nitrogens is 1. The Morgan fingerprint density at radius 3 is 2.39 bits per heavy atom. The van der Waals surface area contributed by atoms with Gasteiger partial charge in [0.1, 0.15) is 5.60 Å². The number of carbonyl (C=O) groups excluding carboxylic acids is 1. The van der Waals surface area contributed by atoms with Crippen molar-refractivity contribution in [2.45, 2.75) is 45.8 Å². The minimum Gasteiger partial charge on any atom is -0.481 e. The number of rotatable bonds is 6. The van der Waals surface area contributed by atoms with E-state index in [1.807, 2.05) is 6.92 Å². The molecule has 1 amide bonds. The Labute approximate surface area is 136 Å². The molecule has 0 saturated carbocycles. The van der Waals surface area contributed by atoms with Crippen molar-refractivity contribution >= 4 is 12.1 Å². The molecule has 0 aromatic carbocycles. The van der Waals surface area contributed by atoms with Gasteiger partial charge in [0.2, 0.25) is 5.88 Å². The smallest absolute Gasteiger partial charge is 0.411 e. The summed E-state index contributed by atoms with van der Waals surface area (Å²) in [5.41, 5.74) is -0.317. The Bertz CT molecular complexity index is 536. The summed E-state index contributed by atoms with van der Waals surface area (Å²) in [6, 6.07) is 1.98. The highest BCUT2D eigenvalue weighted by Gasteiger charge is 2.33. The van der Waals surface area contributed by atoms with Crippen molar-refractivity contribution in [2.75, 3.05) is 13.7 Å². The van der Waals surface area contributed by atoms with Crippen LogP contribution in [0.5, 0.6) is 5.88 Å². The average molecular weight is 324 g/mol. The van der Waals surface area contributed by atoms with Crippen molar-refractivity contribution in [1.82, 2.24) is 9.88 Å². The lowest BCUT2D eigenvalue weighted by Gasteiger charge is -2.31. The quantitative estimate of drug-likeness (QED) is 0.865. The van der Waals surface area contributed by atoms with Gasteiger partial charge in [-0.15, -0.1) is 0 Å². The normalized spacial score (nSPS) is 12.4. The molecule has 0 saturated heterocycles. The number of hydrogen-bond acceptors (Lipinski definition) is 5. The number of methoxy groups -OCH3 is 1. The van der Waals surface area contributed by atoms with Crippen molar-refractivity contribution < 1.29 is 24.2 Å². The molecular formula is C16H24N2O5. The Hall–Kier alpha value is -2.31. The van der Waals surface area contributed by atoms with Gasteiger partial charge in [0.25, 0.3) is 0 Å². The lowest BCUT2D eigenvalue weighted by atomic mass is 10.1. The van der Waals surface area contributed by atoms with Crippen LogP contribution in [0, 0.1) is 0 Å². The van der Waals surface area contributed by atoms with Crippen LogP contribution in [0.4, 0.5) is 4.79 Å². The first-order valence-corrected chi connectivity index (χ1v) is 7.42. The van der Waals surface area contributed by atoms with Gasteiger partial charge in [0, 0.05) is 24.4 Å². The van der Waals surface area contributed by atoms with Gasteiger partial charge in [-0.3, -0.25) is 4.90 Å². The van der Waals surface area contributed by atoms with E-state index in [4.69, 9.17) is 9.47 Å². The number of hydrogen-bond donors (Lipinski definition) is 1. The van der Waals surface area contributed by atoms with E-state index >= 15 is 0 Å². The van der Waals surface area contributed by atoms with Gasteiger partial charge >= 0.3 is 12.1 Å². The van der Waals surface area contributed by atoms with E-state index in [2.05, 4.69) is 4.98 Å². The van der Waals surface area contributed by atoms with Crippen LogP contribution in [0.3, 0.4) is 0 Å². The Balaban J connectivity index is 3.14. The zero-order valence-electron chi connectivity index (χ0n) is 14.2. The van der Waals surface area contributed by atoms with Crippen molar-refractivity contribution in [1.29, 1.82) is 0 Å². The van der Waals surface area contributed by atoms with E-state index in [0.29, 0.717) is 17.9 Å². The summed E-state index contributed by atoms with van der Waals surface area (Å²) in [4.78, 5) is 29.3. The number of ether oxygens (including phenoxy) is 2. The second kappa shape index (κ2) is 7.80. The summed E-state index contributed by atoms with van der Waals surface area (Å²) < 4.78 is 10.3. The zero-order chi connectivity index (χ0) is 17.6. The number of carbonyl (C=O) groups is 2. The predicted octanol–water partition coefficient (Wildman–Crippen LogP) is 2.86. The number of aliphatic carboxylic acids is 1. The first kappa shape index (κ1) is 18.7. The molecule has 0 fully saturated rings. The number of carboxylic acid groups (broad SMARTS) is 1. The highest BCUT2D eigenvalue weighted by Crippen LogP contribution is 2.24. The molecular weight excluding hydrogens is 300 g/mol. The van der Waals surface area contributed by atoms with Gasteiger partial charge in [0.05, 0.1) is 7.11 Å². The second-order valence-electron chi connectivity index (χ2n) is 6.05. The standard InChI is InChI=1S/C16H24N2O5/c1-6-9-18(15(21)23-16(2,3)4)13(14(19)20)11-7-8-12(22-5)17-10-11/h7-8,10,13H,6,9H2,1-5H3,(H,19,20). The molecule has 7 nitrogen and oxygen atoms in total. The van der Waals surface area contributed by atoms with Crippen molar-refractivity contribution in [3.05, 3.63) is 23.9 Å². The summed E-state index contributed by atoms with van der Waals surface area (Å²) in [6.07, 6.45) is 1.33. The fraction of sp³-hybridized carbons (Fsp3) is 0.562. The van der Waals surface area contributed by atoms with Crippen LogP contribution in [0.2, 0.25) is 0 Å². The lowest BCUT2D eigenvalue weighted by Crippen LogP contribution is -2.42. The second-order valence-corrected chi connectivity index (χ2v) is 6.05. The van der Waals surface area contributed by atoms with Crippen LogP contribution in [0.25, 0.3) is 0 Å². The van der Waals surface area contributed by atoms with Gasteiger partial charge in [-0.25, -0.2) is 14.6 Å². The molecule has 0 spiro atoms. The van der Waals surface area contributed by atoms with Crippen molar-refractivity contribution in [2.24, 2.45) is 0 Å². The summed E-state index contributed by atoms with van der Waals surface area (Å²) in [7, 11) is 1.47. The lowest BCUT2D eigenvalue weighted by molar-refractivity contribution is -0.143. The Morgan fingerprint density at radius 1 is 1.35 bits per heavy atom. The minimum atomic E-state index is -1.16. The van der Waals surface area contributed by atoms with E-state index in [9.17, 15) is 14.7 Å². The maximum atomic E-state index is 12.4. The molecule has 0 bridgehead atoms. The monoisotopic (exact) mass is 324 g/mol. The van der Waals surface area contributed by atoms with E-state index in [1.165, 1.54) is 18.2 Å². The highest BCUT2D eigenvalue weighted by molar-refractivity contribution is 5.81. The third kappa shape index (κ3) is 5.43. The molecule has 128 valence electrons. The molecule has 0 aliphatic carbocycles. The van der Waals surface area contributed by atoms with Crippen LogP contribution in [0.1, 0.15) is 45.7 Å². The average Bonchev–Trinajstić information content (AvgIpc) is 2.45. The number of nitrogens with zero attached hydrogens (tertiary/aromatic N) is 2. The van der Waals surface area contributed by atoms with Gasteiger partial charge in [-0.05, 0) is 33.3 Å². The number of pyridine rings is 1.